The number of carbonyl (C=O) groups is 1. The van der Waals surface area contributed by atoms with Crippen LogP contribution in [0.4, 0.5) is 4.39 Å². The van der Waals surface area contributed by atoms with Crippen molar-refractivity contribution in [3.05, 3.63) is 71.0 Å². The number of carboxylic acid groups (broad SMARTS) is 1. The van der Waals surface area contributed by atoms with Gasteiger partial charge in [-0.05, 0) is 67.4 Å². The average Bonchev–Trinajstić information content (AvgIpc) is 3.59. The van der Waals surface area contributed by atoms with Crippen molar-refractivity contribution in [1.29, 1.82) is 5.26 Å². The number of carboxylic acids is 1. The topological polar surface area (TPSA) is 76.4 Å². The number of hydrogen-bond acceptors (Lipinski definition) is 4. The normalized spacial score (nSPS) is 22.2. The van der Waals surface area contributed by atoms with E-state index in [1.165, 1.54) is 11.6 Å². The molecule has 1 aliphatic carbocycles. The van der Waals surface area contributed by atoms with Gasteiger partial charge in [0.25, 0.3) is 0 Å². The van der Waals surface area contributed by atoms with Crippen molar-refractivity contribution in [3.63, 3.8) is 0 Å². The fraction of sp³-hybridized carbons (Fsp3) is 0.462. The van der Waals surface area contributed by atoms with Crippen LogP contribution >= 0.6 is 0 Å². The molecule has 0 spiro atoms. The summed E-state index contributed by atoms with van der Waals surface area (Å²) in [5, 5.41) is 21.8. The lowest BCUT2D eigenvalue weighted by molar-refractivity contribution is -0.137. The molecule has 2 unspecified atom stereocenters. The van der Waals surface area contributed by atoms with E-state index in [0.29, 0.717) is 36.1 Å². The van der Waals surface area contributed by atoms with E-state index in [-0.39, 0.29) is 17.7 Å². The smallest absolute Gasteiger partial charge is 0.304 e. The first-order chi connectivity index (χ1) is 15.5. The number of aliphatic carboxylic acids is 1. The summed E-state index contributed by atoms with van der Waals surface area (Å²) in [6.45, 7) is 3.01. The Hall–Kier alpha value is -2.75. The van der Waals surface area contributed by atoms with Gasteiger partial charge in [-0.3, -0.25) is 4.79 Å². The standard InChI is InChI=1S/C26H30FN3O2/c27-23-14-19(17-28)6-7-21(23)16-26(9-12-30(13-10-26)11-8-25(31)32)18-29-24-15-22(24)20-4-2-1-3-5-20/h1-7,14,22,24,29H,8-13,15-16,18H2,(H,31,32). The molecule has 168 valence electrons. The van der Waals surface area contributed by atoms with Crippen LogP contribution in [0.15, 0.2) is 48.5 Å². The molecule has 1 saturated carbocycles. The van der Waals surface area contributed by atoms with Crippen LogP contribution in [-0.4, -0.2) is 48.2 Å². The first-order valence-electron chi connectivity index (χ1n) is 11.4. The fourth-order valence-electron chi connectivity index (χ4n) is 4.92. The molecular weight excluding hydrogens is 405 g/mol. The second-order valence-corrected chi connectivity index (χ2v) is 9.32. The van der Waals surface area contributed by atoms with E-state index in [9.17, 15) is 9.18 Å². The number of halogens is 1. The third-order valence-electron chi connectivity index (χ3n) is 7.06. The highest BCUT2D eigenvalue weighted by Crippen LogP contribution is 2.42. The molecule has 2 fully saturated rings. The molecule has 2 atom stereocenters. The summed E-state index contributed by atoms with van der Waals surface area (Å²) in [5.74, 6) is -0.551. The lowest BCUT2D eigenvalue weighted by Crippen LogP contribution is -2.47. The molecule has 0 radical (unpaired) electrons. The van der Waals surface area contributed by atoms with Gasteiger partial charge in [0, 0.05) is 25.0 Å². The lowest BCUT2D eigenvalue weighted by atomic mass is 9.73. The average molecular weight is 436 g/mol. The Kier molecular flexibility index (Phi) is 6.88. The largest absolute Gasteiger partial charge is 0.481 e. The van der Waals surface area contributed by atoms with E-state index in [2.05, 4.69) is 34.5 Å². The Bertz CT molecular complexity index is 980. The van der Waals surface area contributed by atoms with Gasteiger partial charge in [0.05, 0.1) is 18.1 Å². The fourth-order valence-corrected chi connectivity index (χ4v) is 4.92. The van der Waals surface area contributed by atoms with Gasteiger partial charge in [-0.15, -0.1) is 0 Å². The molecule has 1 aliphatic heterocycles. The van der Waals surface area contributed by atoms with Crippen molar-refractivity contribution in [2.75, 3.05) is 26.2 Å². The highest BCUT2D eigenvalue weighted by Gasteiger charge is 2.41. The van der Waals surface area contributed by atoms with E-state index in [0.717, 1.165) is 38.9 Å². The van der Waals surface area contributed by atoms with Crippen LogP contribution < -0.4 is 5.32 Å². The van der Waals surface area contributed by atoms with Crippen LogP contribution in [0, 0.1) is 22.6 Å². The molecule has 0 bridgehead atoms. The minimum absolute atomic E-state index is 0.0848. The number of likely N-dealkylation sites (tertiary alicyclic amines) is 1. The Morgan fingerprint density at radius 1 is 1.22 bits per heavy atom. The first kappa shape index (κ1) is 22.4. The molecular formula is C26H30FN3O2. The molecule has 2 N–H and O–H groups in total. The molecule has 1 saturated heterocycles. The summed E-state index contributed by atoms with van der Waals surface area (Å²) < 4.78 is 14.7. The van der Waals surface area contributed by atoms with Gasteiger partial charge in [-0.1, -0.05) is 36.4 Å². The lowest BCUT2D eigenvalue weighted by Gasteiger charge is -2.42. The maximum atomic E-state index is 14.7. The molecule has 32 heavy (non-hydrogen) atoms. The maximum absolute atomic E-state index is 14.7. The van der Waals surface area contributed by atoms with Gasteiger partial charge in [0.15, 0.2) is 0 Å². The molecule has 1 heterocycles. The molecule has 2 aliphatic rings. The van der Waals surface area contributed by atoms with Gasteiger partial charge in [0.2, 0.25) is 0 Å². The Morgan fingerprint density at radius 2 is 1.97 bits per heavy atom. The summed E-state index contributed by atoms with van der Waals surface area (Å²) in [7, 11) is 0. The minimum Gasteiger partial charge on any atom is -0.481 e. The monoisotopic (exact) mass is 435 g/mol. The molecule has 6 heteroatoms. The highest BCUT2D eigenvalue weighted by molar-refractivity contribution is 5.66. The predicted octanol–water partition coefficient (Wildman–Crippen LogP) is 3.94. The molecule has 0 aromatic heterocycles. The minimum atomic E-state index is -0.774. The van der Waals surface area contributed by atoms with Crippen molar-refractivity contribution >= 4 is 5.97 Å². The summed E-state index contributed by atoms with van der Waals surface area (Å²) in [4.78, 5) is 13.1. The van der Waals surface area contributed by atoms with Crippen molar-refractivity contribution in [1.82, 2.24) is 10.2 Å². The van der Waals surface area contributed by atoms with Crippen LogP contribution in [0.5, 0.6) is 0 Å². The number of rotatable bonds is 9. The van der Waals surface area contributed by atoms with Gasteiger partial charge in [0.1, 0.15) is 5.82 Å². The van der Waals surface area contributed by atoms with Gasteiger partial charge in [-0.25, -0.2) is 4.39 Å². The van der Waals surface area contributed by atoms with E-state index >= 15 is 0 Å². The van der Waals surface area contributed by atoms with Gasteiger partial charge in [-0.2, -0.15) is 5.26 Å². The predicted molar refractivity (Wildman–Crippen MR) is 121 cm³/mol. The zero-order chi connectivity index (χ0) is 22.6. The second kappa shape index (κ2) is 9.81. The summed E-state index contributed by atoms with van der Waals surface area (Å²) in [6, 6.07) is 17.7. The molecule has 2 aromatic rings. The summed E-state index contributed by atoms with van der Waals surface area (Å²) in [6.07, 6.45) is 3.67. The van der Waals surface area contributed by atoms with Crippen molar-refractivity contribution in [2.24, 2.45) is 5.41 Å². The number of hydrogen-bond donors (Lipinski definition) is 2. The SMILES string of the molecule is N#Cc1ccc(CC2(CNC3CC3c3ccccc3)CCN(CCC(=O)O)CC2)c(F)c1. The van der Waals surface area contributed by atoms with E-state index in [1.54, 1.807) is 12.1 Å². The van der Waals surface area contributed by atoms with Crippen molar-refractivity contribution in [2.45, 2.75) is 44.1 Å². The number of benzene rings is 2. The van der Waals surface area contributed by atoms with E-state index < -0.39 is 5.97 Å². The zero-order valence-electron chi connectivity index (χ0n) is 18.3. The van der Waals surface area contributed by atoms with Crippen LogP contribution in [0.25, 0.3) is 0 Å². The molecule has 4 rings (SSSR count). The second-order valence-electron chi connectivity index (χ2n) is 9.32. The number of nitrogens with zero attached hydrogens (tertiary/aromatic N) is 2. The van der Waals surface area contributed by atoms with Crippen LogP contribution in [0.1, 0.15) is 48.3 Å². The van der Waals surface area contributed by atoms with E-state index in [1.807, 2.05) is 12.1 Å². The Balaban J connectivity index is 1.43. The van der Waals surface area contributed by atoms with E-state index in [4.69, 9.17) is 10.4 Å². The summed E-state index contributed by atoms with van der Waals surface area (Å²) in [5.41, 5.74) is 2.27. The van der Waals surface area contributed by atoms with Crippen LogP contribution in [0.3, 0.4) is 0 Å². The molecule has 2 aromatic carbocycles. The van der Waals surface area contributed by atoms with Crippen molar-refractivity contribution < 1.29 is 14.3 Å². The van der Waals surface area contributed by atoms with Crippen LogP contribution in [0.2, 0.25) is 0 Å². The Labute approximate surface area is 188 Å². The number of piperidine rings is 1. The molecule has 5 nitrogen and oxygen atoms in total. The first-order valence-corrected chi connectivity index (χ1v) is 11.4. The number of nitriles is 1. The summed E-state index contributed by atoms with van der Waals surface area (Å²) >= 11 is 0. The zero-order valence-corrected chi connectivity index (χ0v) is 18.3. The third-order valence-corrected chi connectivity index (χ3v) is 7.06. The van der Waals surface area contributed by atoms with Gasteiger partial charge >= 0.3 is 5.97 Å². The molecule has 0 amide bonds. The van der Waals surface area contributed by atoms with Gasteiger partial charge < -0.3 is 15.3 Å². The Morgan fingerprint density at radius 3 is 2.62 bits per heavy atom. The maximum Gasteiger partial charge on any atom is 0.304 e. The quantitative estimate of drug-likeness (QED) is 0.624. The number of nitrogens with one attached hydrogen (secondary N) is 1. The van der Waals surface area contributed by atoms with Crippen LogP contribution in [-0.2, 0) is 11.2 Å². The third kappa shape index (κ3) is 5.53. The van der Waals surface area contributed by atoms with Crippen molar-refractivity contribution in [3.8, 4) is 6.07 Å². The highest BCUT2D eigenvalue weighted by atomic mass is 19.1.